The van der Waals surface area contributed by atoms with Crippen molar-refractivity contribution in [3.63, 3.8) is 0 Å². The van der Waals surface area contributed by atoms with Gasteiger partial charge in [0.15, 0.2) is 0 Å². The van der Waals surface area contributed by atoms with Crippen molar-refractivity contribution in [3.8, 4) is 5.88 Å². The maximum atomic E-state index is 12.8. The van der Waals surface area contributed by atoms with E-state index in [1.54, 1.807) is 12.3 Å². The number of hydrogen-bond acceptors (Lipinski definition) is 5. The summed E-state index contributed by atoms with van der Waals surface area (Å²) in [7, 11) is 0. The molecule has 1 aliphatic heterocycles. The van der Waals surface area contributed by atoms with Crippen LogP contribution in [0.4, 0.5) is 0 Å². The average Bonchev–Trinajstić information content (AvgIpc) is 3.04. The molecule has 1 saturated heterocycles. The minimum absolute atomic E-state index is 0.188. The van der Waals surface area contributed by atoms with E-state index in [9.17, 15) is 4.79 Å². The summed E-state index contributed by atoms with van der Waals surface area (Å²) in [6.07, 6.45) is 2.18. The molecular formula is C19H20N4O3. The standard InChI is InChI=1S/C19H20N4O3/c1-12-21-14-6-4-5-13(18(14)22-12)19(24)23-15-11-25-10-8-16(15)26-17-7-2-3-9-20-17/h2-7,9,15-16H,8,10-11H2,1H3,(H,21,22)(H,23,24)/t15-,16-/m1/s1. The van der Waals surface area contributed by atoms with Gasteiger partial charge in [0, 0.05) is 18.7 Å². The molecule has 1 aromatic carbocycles. The lowest BCUT2D eigenvalue weighted by atomic mass is 10.1. The minimum atomic E-state index is -0.256. The molecule has 1 aliphatic rings. The molecule has 0 bridgehead atoms. The summed E-state index contributed by atoms with van der Waals surface area (Å²) in [5, 5.41) is 3.04. The topological polar surface area (TPSA) is 89.1 Å². The summed E-state index contributed by atoms with van der Waals surface area (Å²) in [6, 6.07) is 10.8. The van der Waals surface area contributed by atoms with Crippen LogP contribution in [0.15, 0.2) is 42.6 Å². The number of amides is 1. The van der Waals surface area contributed by atoms with Crippen LogP contribution in [-0.2, 0) is 4.74 Å². The lowest BCUT2D eigenvalue weighted by Crippen LogP contribution is -2.51. The Morgan fingerprint density at radius 1 is 1.31 bits per heavy atom. The number of fused-ring (bicyclic) bond motifs is 1. The lowest BCUT2D eigenvalue weighted by Gasteiger charge is -2.32. The van der Waals surface area contributed by atoms with Crippen LogP contribution in [0.2, 0.25) is 0 Å². The fraction of sp³-hybridized carbons (Fsp3) is 0.316. The van der Waals surface area contributed by atoms with Crippen LogP contribution in [0.3, 0.4) is 0 Å². The Morgan fingerprint density at radius 3 is 3.08 bits per heavy atom. The third-order valence-corrected chi connectivity index (χ3v) is 4.39. The molecule has 134 valence electrons. The Morgan fingerprint density at radius 2 is 2.23 bits per heavy atom. The number of imidazole rings is 1. The molecule has 0 aliphatic carbocycles. The van der Waals surface area contributed by atoms with Crippen molar-refractivity contribution < 1.29 is 14.3 Å². The molecule has 3 heterocycles. The van der Waals surface area contributed by atoms with E-state index >= 15 is 0 Å². The zero-order valence-electron chi connectivity index (χ0n) is 14.4. The first-order chi connectivity index (χ1) is 12.7. The van der Waals surface area contributed by atoms with Gasteiger partial charge in [-0.3, -0.25) is 4.79 Å². The lowest BCUT2D eigenvalue weighted by molar-refractivity contribution is -0.00446. The van der Waals surface area contributed by atoms with Crippen molar-refractivity contribution in [2.75, 3.05) is 13.2 Å². The molecular weight excluding hydrogens is 332 g/mol. The van der Waals surface area contributed by atoms with Gasteiger partial charge in [0.05, 0.1) is 30.3 Å². The van der Waals surface area contributed by atoms with E-state index in [1.807, 2.05) is 37.3 Å². The van der Waals surface area contributed by atoms with E-state index in [4.69, 9.17) is 9.47 Å². The third kappa shape index (κ3) is 3.39. The normalized spacial score (nSPS) is 20.0. The van der Waals surface area contributed by atoms with E-state index in [2.05, 4.69) is 20.3 Å². The van der Waals surface area contributed by atoms with Crippen LogP contribution in [0.1, 0.15) is 22.6 Å². The Balaban J connectivity index is 1.53. The number of aromatic amines is 1. The number of aryl methyl sites for hydroxylation is 1. The van der Waals surface area contributed by atoms with E-state index in [-0.39, 0.29) is 18.1 Å². The highest BCUT2D eigenvalue weighted by Crippen LogP contribution is 2.19. The summed E-state index contributed by atoms with van der Waals surface area (Å²) in [5.41, 5.74) is 2.05. The van der Waals surface area contributed by atoms with Gasteiger partial charge in [-0.25, -0.2) is 9.97 Å². The number of rotatable bonds is 4. The van der Waals surface area contributed by atoms with Gasteiger partial charge in [-0.05, 0) is 25.1 Å². The van der Waals surface area contributed by atoms with Crippen molar-refractivity contribution >= 4 is 16.9 Å². The number of ether oxygens (including phenoxy) is 2. The van der Waals surface area contributed by atoms with Gasteiger partial charge in [-0.15, -0.1) is 0 Å². The molecule has 3 aromatic rings. The monoisotopic (exact) mass is 352 g/mol. The fourth-order valence-electron chi connectivity index (χ4n) is 3.15. The van der Waals surface area contributed by atoms with Gasteiger partial charge >= 0.3 is 0 Å². The SMILES string of the molecule is Cc1nc2c(C(=O)N[C@@H]3COCC[C@H]3Oc3ccccn3)cccc2[nH]1. The van der Waals surface area contributed by atoms with Crippen molar-refractivity contribution in [2.24, 2.45) is 0 Å². The number of hydrogen-bond donors (Lipinski definition) is 2. The van der Waals surface area contributed by atoms with E-state index in [0.29, 0.717) is 36.6 Å². The average molecular weight is 352 g/mol. The molecule has 2 atom stereocenters. The Kier molecular flexibility index (Phi) is 4.53. The number of carbonyl (C=O) groups excluding carboxylic acids is 1. The second kappa shape index (κ2) is 7.13. The number of nitrogens with one attached hydrogen (secondary N) is 2. The maximum Gasteiger partial charge on any atom is 0.253 e. The third-order valence-electron chi connectivity index (χ3n) is 4.39. The molecule has 2 aromatic heterocycles. The van der Waals surface area contributed by atoms with Crippen LogP contribution in [0, 0.1) is 6.92 Å². The summed E-state index contributed by atoms with van der Waals surface area (Å²) >= 11 is 0. The van der Waals surface area contributed by atoms with Crippen LogP contribution < -0.4 is 10.1 Å². The molecule has 0 spiro atoms. The second-order valence-electron chi connectivity index (χ2n) is 6.29. The van der Waals surface area contributed by atoms with Gasteiger partial charge in [0.25, 0.3) is 5.91 Å². The molecule has 2 N–H and O–H groups in total. The summed E-state index contributed by atoms with van der Waals surface area (Å²) in [5.74, 6) is 1.13. The molecule has 7 nitrogen and oxygen atoms in total. The van der Waals surface area contributed by atoms with E-state index in [1.165, 1.54) is 0 Å². The Bertz CT molecular complexity index is 910. The molecule has 26 heavy (non-hydrogen) atoms. The van der Waals surface area contributed by atoms with Crippen molar-refractivity contribution in [1.29, 1.82) is 0 Å². The number of nitrogens with zero attached hydrogens (tertiary/aromatic N) is 2. The first-order valence-electron chi connectivity index (χ1n) is 8.62. The summed E-state index contributed by atoms with van der Waals surface area (Å²) in [6.45, 7) is 2.87. The van der Waals surface area contributed by atoms with Gasteiger partial charge in [0.2, 0.25) is 5.88 Å². The summed E-state index contributed by atoms with van der Waals surface area (Å²) in [4.78, 5) is 24.6. The molecule has 0 unspecified atom stereocenters. The first-order valence-corrected chi connectivity index (χ1v) is 8.62. The number of aromatic nitrogens is 3. The highest BCUT2D eigenvalue weighted by atomic mass is 16.5. The molecule has 4 rings (SSSR count). The fourth-order valence-corrected chi connectivity index (χ4v) is 3.15. The highest BCUT2D eigenvalue weighted by molar-refractivity contribution is 6.05. The molecule has 1 fully saturated rings. The van der Waals surface area contributed by atoms with Gasteiger partial charge in [-0.2, -0.15) is 0 Å². The zero-order chi connectivity index (χ0) is 17.9. The van der Waals surface area contributed by atoms with Crippen LogP contribution in [-0.4, -0.2) is 46.2 Å². The molecule has 1 amide bonds. The quantitative estimate of drug-likeness (QED) is 0.752. The largest absolute Gasteiger partial charge is 0.472 e. The van der Waals surface area contributed by atoms with Crippen LogP contribution in [0.25, 0.3) is 11.0 Å². The first kappa shape index (κ1) is 16.5. The smallest absolute Gasteiger partial charge is 0.253 e. The number of benzene rings is 1. The van der Waals surface area contributed by atoms with Gasteiger partial charge in [-0.1, -0.05) is 12.1 Å². The number of H-pyrrole nitrogens is 1. The van der Waals surface area contributed by atoms with E-state index < -0.39 is 0 Å². The number of para-hydroxylation sites is 1. The van der Waals surface area contributed by atoms with Crippen molar-refractivity contribution in [1.82, 2.24) is 20.3 Å². The summed E-state index contributed by atoms with van der Waals surface area (Å²) < 4.78 is 11.5. The second-order valence-corrected chi connectivity index (χ2v) is 6.29. The van der Waals surface area contributed by atoms with Gasteiger partial charge < -0.3 is 19.8 Å². The predicted molar refractivity (Wildman–Crippen MR) is 96.2 cm³/mol. The molecule has 7 heteroatoms. The molecule has 0 saturated carbocycles. The maximum absolute atomic E-state index is 12.8. The number of carbonyl (C=O) groups is 1. The van der Waals surface area contributed by atoms with Gasteiger partial charge in [0.1, 0.15) is 17.4 Å². The molecule has 0 radical (unpaired) electrons. The Labute approximate surface area is 150 Å². The predicted octanol–water partition coefficient (Wildman–Crippen LogP) is 2.23. The van der Waals surface area contributed by atoms with Crippen molar-refractivity contribution in [3.05, 3.63) is 54.0 Å². The van der Waals surface area contributed by atoms with E-state index in [0.717, 1.165) is 11.3 Å². The van der Waals surface area contributed by atoms with Crippen LogP contribution >= 0.6 is 0 Å². The minimum Gasteiger partial charge on any atom is -0.472 e. The zero-order valence-corrected chi connectivity index (χ0v) is 14.4. The van der Waals surface area contributed by atoms with Crippen LogP contribution in [0.5, 0.6) is 5.88 Å². The Hall–Kier alpha value is -2.93. The highest BCUT2D eigenvalue weighted by Gasteiger charge is 2.30. The number of pyridine rings is 1. The van der Waals surface area contributed by atoms with Crippen molar-refractivity contribution in [2.45, 2.75) is 25.5 Å².